The van der Waals surface area contributed by atoms with Gasteiger partial charge in [0.25, 0.3) is 0 Å². The van der Waals surface area contributed by atoms with E-state index in [0.717, 1.165) is 33.8 Å². The summed E-state index contributed by atoms with van der Waals surface area (Å²) in [7, 11) is 0. The van der Waals surface area contributed by atoms with Crippen molar-refractivity contribution in [3.63, 3.8) is 0 Å². The summed E-state index contributed by atoms with van der Waals surface area (Å²) < 4.78 is 3.77. The van der Waals surface area contributed by atoms with Crippen molar-refractivity contribution >= 4 is 17.1 Å². The fourth-order valence-corrected chi connectivity index (χ4v) is 3.99. The summed E-state index contributed by atoms with van der Waals surface area (Å²) in [6.07, 6.45) is 4.67. The number of rotatable bonds is 6. The number of nitrogens with zero attached hydrogens (tertiary/aromatic N) is 5. The first-order valence-corrected chi connectivity index (χ1v) is 11.1. The largest absolute Gasteiger partial charge is 0.352 e. The molecule has 5 aromatic rings. The molecule has 0 aliphatic carbocycles. The molecule has 0 unspecified atom stereocenters. The number of aromatic nitrogens is 5. The minimum absolute atomic E-state index is 0.00466. The number of benzene rings is 2. The number of fused-ring (bicyclic) bond motifs is 3. The van der Waals surface area contributed by atoms with Crippen LogP contribution in [-0.2, 0) is 17.8 Å². The van der Waals surface area contributed by atoms with Gasteiger partial charge in [-0.15, -0.1) is 10.2 Å². The fourth-order valence-electron chi connectivity index (χ4n) is 3.99. The highest BCUT2D eigenvalue weighted by molar-refractivity contribution is 5.78. The number of aryl methyl sites for hydroxylation is 4. The van der Waals surface area contributed by atoms with Gasteiger partial charge in [-0.25, -0.2) is 4.52 Å². The summed E-state index contributed by atoms with van der Waals surface area (Å²) in [4.78, 5) is 12.4. The molecule has 0 saturated carbocycles. The Morgan fingerprint density at radius 1 is 0.939 bits per heavy atom. The monoisotopic (exact) mass is 438 g/mol. The number of amides is 1. The lowest BCUT2D eigenvalue weighted by atomic mass is 10.0. The van der Waals surface area contributed by atoms with E-state index in [1.807, 2.05) is 58.6 Å². The summed E-state index contributed by atoms with van der Waals surface area (Å²) in [5.41, 5.74) is 8.31. The molecule has 33 heavy (non-hydrogen) atoms. The van der Waals surface area contributed by atoms with Gasteiger partial charge in [0.2, 0.25) is 5.91 Å². The Kier molecular flexibility index (Phi) is 5.38. The maximum absolute atomic E-state index is 12.4. The zero-order valence-electron chi connectivity index (χ0n) is 19.0. The molecule has 2 aromatic carbocycles. The number of hydrogen-bond donors (Lipinski definition) is 1. The number of carbonyl (C=O) groups excluding carboxylic acids is 1. The average molecular weight is 439 g/mol. The highest BCUT2D eigenvalue weighted by Crippen LogP contribution is 2.26. The van der Waals surface area contributed by atoms with Crippen LogP contribution < -0.4 is 5.32 Å². The number of hydrogen-bond acceptors (Lipinski definition) is 4. The topological polar surface area (TPSA) is 76.6 Å². The van der Waals surface area contributed by atoms with Crippen LogP contribution in [0, 0.1) is 20.8 Å². The van der Waals surface area contributed by atoms with Gasteiger partial charge in [-0.05, 0) is 44.0 Å². The van der Waals surface area contributed by atoms with Crippen LogP contribution >= 0.6 is 0 Å². The van der Waals surface area contributed by atoms with E-state index in [1.54, 1.807) is 0 Å². The summed E-state index contributed by atoms with van der Waals surface area (Å²) in [5, 5.41) is 16.5. The average Bonchev–Trinajstić information content (AvgIpc) is 3.42. The molecule has 1 N–H and O–H groups in total. The van der Waals surface area contributed by atoms with Gasteiger partial charge in [-0.3, -0.25) is 9.20 Å². The molecule has 0 spiro atoms. The summed E-state index contributed by atoms with van der Waals surface area (Å²) in [6.45, 7) is 6.75. The molecule has 7 nitrogen and oxygen atoms in total. The lowest BCUT2D eigenvalue weighted by Gasteiger charge is -2.05. The normalized spacial score (nSPS) is 11.4. The Bertz CT molecular complexity index is 1460. The van der Waals surface area contributed by atoms with Crippen LogP contribution in [0.2, 0.25) is 0 Å². The summed E-state index contributed by atoms with van der Waals surface area (Å²) >= 11 is 0. The fraction of sp³-hybridized carbons (Fsp3) is 0.231. The van der Waals surface area contributed by atoms with Crippen LogP contribution in [0.1, 0.15) is 34.5 Å². The molecule has 7 heteroatoms. The van der Waals surface area contributed by atoms with E-state index in [2.05, 4.69) is 47.6 Å². The van der Waals surface area contributed by atoms with E-state index < -0.39 is 0 Å². The first kappa shape index (κ1) is 20.9. The SMILES string of the molecule is Cc1ccc(CNC(=O)CCc2nnc3c4cc(-c5cc(C)ccc5C)nn4ccn23)cc1. The molecule has 166 valence electrons. The Labute approximate surface area is 192 Å². The molecular weight excluding hydrogens is 412 g/mol. The maximum atomic E-state index is 12.4. The molecule has 0 radical (unpaired) electrons. The molecule has 1 amide bonds. The molecule has 0 aliphatic rings. The van der Waals surface area contributed by atoms with Crippen molar-refractivity contribution in [2.75, 3.05) is 0 Å². The Morgan fingerprint density at radius 3 is 2.55 bits per heavy atom. The van der Waals surface area contributed by atoms with Crippen molar-refractivity contribution in [2.45, 2.75) is 40.2 Å². The molecule has 3 heterocycles. The molecule has 5 rings (SSSR count). The van der Waals surface area contributed by atoms with Gasteiger partial charge in [0, 0.05) is 37.3 Å². The Hall–Kier alpha value is -4.00. The smallest absolute Gasteiger partial charge is 0.220 e. The number of nitrogens with one attached hydrogen (secondary N) is 1. The molecule has 0 bridgehead atoms. The molecule has 0 atom stereocenters. The van der Waals surface area contributed by atoms with E-state index in [1.165, 1.54) is 16.7 Å². The van der Waals surface area contributed by atoms with E-state index in [-0.39, 0.29) is 5.91 Å². The molecule has 0 saturated heterocycles. The second kappa shape index (κ2) is 8.50. The molecule has 0 aliphatic heterocycles. The summed E-state index contributed by atoms with van der Waals surface area (Å²) in [6, 6.07) is 16.6. The predicted octanol–water partition coefficient (Wildman–Crippen LogP) is 4.22. The third kappa shape index (κ3) is 4.22. The van der Waals surface area contributed by atoms with E-state index in [4.69, 9.17) is 5.10 Å². The third-order valence-electron chi connectivity index (χ3n) is 5.94. The standard InChI is InChI=1S/C26H26N6O/c1-17-5-8-20(9-6-17)16-27-25(33)11-10-24-28-29-26-23-15-22(30-32(23)13-12-31(24)26)21-14-18(2)4-7-19(21)3/h4-9,12-15H,10-11,16H2,1-3H3,(H,27,33). The molecule has 0 fully saturated rings. The molecule has 3 aromatic heterocycles. The second-order valence-corrected chi connectivity index (χ2v) is 8.55. The quantitative estimate of drug-likeness (QED) is 0.431. The van der Waals surface area contributed by atoms with Crippen LogP contribution in [0.3, 0.4) is 0 Å². The minimum Gasteiger partial charge on any atom is -0.352 e. The van der Waals surface area contributed by atoms with Gasteiger partial charge < -0.3 is 5.32 Å². The summed E-state index contributed by atoms with van der Waals surface area (Å²) in [5.74, 6) is 0.752. The number of carbonyl (C=O) groups is 1. The van der Waals surface area contributed by atoms with Gasteiger partial charge in [0.15, 0.2) is 5.65 Å². The van der Waals surface area contributed by atoms with Crippen molar-refractivity contribution < 1.29 is 4.79 Å². The molecular formula is C26H26N6O. The van der Waals surface area contributed by atoms with Crippen molar-refractivity contribution in [1.29, 1.82) is 0 Å². The minimum atomic E-state index is -0.00466. The van der Waals surface area contributed by atoms with Gasteiger partial charge in [-0.1, -0.05) is 47.5 Å². The zero-order valence-corrected chi connectivity index (χ0v) is 19.0. The second-order valence-electron chi connectivity index (χ2n) is 8.55. The van der Waals surface area contributed by atoms with Crippen LogP contribution in [0.4, 0.5) is 0 Å². The Morgan fingerprint density at radius 2 is 1.73 bits per heavy atom. The lowest BCUT2D eigenvalue weighted by molar-refractivity contribution is -0.121. The maximum Gasteiger partial charge on any atom is 0.220 e. The lowest BCUT2D eigenvalue weighted by Crippen LogP contribution is -2.23. The first-order valence-electron chi connectivity index (χ1n) is 11.1. The van der Waals surface area contributed by atoms with Crippen molar-refractivity contribution in [3.8, 4) is 11.3 Å². The van der Waals surface area contributed by atoms with Gasteiger partial charge in [0.05, 0.1) is 5.69 Å². The third-order valence-corrected chi connectivity index (χ3v) is 5.94. The highest BCUT2D eigenvalue weighted by atomic mass is 16.1. The van der Waals surface area contributed by atoms with Crippen molar-refractivity contribution in [3.05, 3.63) is 89.0 Å². The van der Waals surface area contributed by atoms with Crippen molar-refractivity contribution in [2.24, 2.45) is 0 Å². The van der Waals surface area contributed by atoms with Crippen molar-refractivity contribution in [1.82, 2.24) is 29.5 Å². The van der Waals surface area contributed by atoms with Gasteiger partial charge >= 0.3 is 0 Å². The van der Waals surface area contributed by atoms with Crippen LogP contribution in [0.15, 0.2) is 60.9 Å². The predicted molar refractivity (Wildman–Crippen MR) is 128 cm³/mol. The van der Waals surface area contributed by atoms with Crippen LogP contribution in [0.5, 0.6) is 0 Å². The zero-order chi connectivity index (χ0) is 22.9. The van der Waals surface area contributed by atoms with E-state index >= 15 is 0 Å². The van der Waals surface area contributed by atoms with E-state index in [0.29, 0.717) is 19.4 Å². The van der Waals surface area contributed by atoms with Gasteiger partial charge in [0.1, 0.15) is 11.3 Å². The van der Waals surface area contributed by atoms with Gasteiger partial charge in [-0.2, -0.15) is 5.10 Å². The first-order chi connectivity index (χ1) is 16.0. The Balaban J connectivity index is 1.33. The highest BCUT2D eigenvalue weighted by Gasteiger charge is 2.14. The van der Waals surface area contributed by atoms with Crippen LogP contribution in [-0.4, -0.2) is 30.1 Å². The van der Waals surface area contributed by atoms with Crippen LogP contribution in [0.25, 0.3) is 22.4 Å². The van der Waals surface area contributed by atoms with E-state index in [9.17, 15) is 4.79 Å².